The summed E-state index contributed by atoms with van der Waals surface area (Å²) in [6.07, 6.45) is 7.92. The van der Waals surface area contributed by atoms with Crippen molar-refractivity contribution in [2.75, 3.05) is 0 Å². The van der Waals surface area contributed by atoms with Gasteiger partial charge in [0.1, 0.15) is 0 Å². The number of hydrogen-bond acceptors (Lipinski definition) is 4. The number of thiazole rings is 1. The van der Waals surface area contributed by atoms with Crippen LogP contribution in [0.15, 0.2) is 64.7 Å². The van der Waals surface area contributed by atoms with E-state index >= 15 is 0 Å². The van der Waals surface area contributed by atoms with Crippen molar-refractivity contribution in [2.24, 2.45) is 9.98 Å². The maximum Gasteiger partial charge on any atom is 0.211 e. The molecule has 4 rings (SSSR count). The summed E-state index contributed by atoms with van der Waals surface area (Å²) in [6.45, 7) is 3.53. The fraction of sp³-hybridized carbons (Fsp3) is 0.217. The molecule has 5 heteroatoms. The first kappa shape index (κ1) is 18.4. The molecule has 0 unspecified atom stereocenters. The molecule has 0 bridgehead atoms. The minimum atomic E-state index is 0.297. The molecule has 0 spiro atoms. The molecule has 2 heterocycles. The van der Waals surface area contributed by atoms with Crippen LogP contribution in [0.1, 0.15) is 35.8 Å². The second-order valence-corrected chi connectivity index (χ2v) is 7.80. The fourth-order valence-electron chi connectivity index (χ4n) is 3.16. The Morgan fingerprint density at radius 2 is 2.04 bits per heavy atom. The minimum absolute atomic E-state index is 0.297. The Hall–Kier alpha value is -2.92. The first-order valence-electron chi connectivity index (χ1n) is 9.58. The van der Waals surface area contributed by atoms with Crippen LogP contribution >= 0.6 is 11.3 Å². The van der Waals surface area contributed by atoms with Crippen LogP contribution < -0.4 is 15.4 Å². The van der Waals surface area contributed by atoms with Crippen LogP contribution in [0.2, 0.25) is 0 Å². The van der Waals surface area contributed by atoms with Crippen LogP contribution in [0.4, 0.5) is 0 Å². The van der Waals surface area contributed by atoms with E-state index in [1.54, 1.807) is 0 Å². The summed E-state index contributed by atoms with van der Waals surface area (Å²) in [6, 6.07) is 16.3. The minimum Gasteiger partial charge on any atom is -0.493 e. The van der Waals surface area contributed by atoms with Crippen molar-refractivity contribution in [2.45, 2.75) is 32.9 Å². The third kappa shape index (κ3) is 3.99. The van der Waals surface area contributed by atoms with Crippen molar-refractivity contribution in [1.29, 1.82) is 0 Å². The van der Waals surface area contributed by atoms with Crippen molar-refractivity contribution >= 4 is 23.5 Å². The fourth-order valence-corrected chi connectivity index (χ4v) is 4.17. The molecule has 0 amide bonds. The van der Waals surface area contributed by atoms with Crippen LogP contribution in [0.25, 0.3) is 12.2 Å². The summed E-state index contributed by atoms with van der Waals surface area (Å²) in [5.41, 5.74) is 2.27. The average molecular weight is 390 g/mol. The van der Waals surface area contributed by atoms with Gasteiger partial charge in [0.15, 0.2) is 4.80 Å². The molecule has 0 saturated carbocycles. The highest BCUT2D eigenvalue weighted by molar-refractivity contribution is 7.10. The van der Waals surface area contributed by atoms with Gasteiger partial charge >= 0.3 is 0 Å². The molecule has 1 aliphatic rings. The number of fused-ring (bicyclic) bond motifs is 1. The third-order valence-electron chi connectivity index (χ3n) is 4.70. The lowest BCUT2D eigenvalue weighted by Crippen LogP contribution is -2.14. The molecule has 0 atom stereocenters. The van der Waals surface area contributed by atoms with Gasteiger partial charge in [0.05, 0.1) is 16.8 Å². The van der Waals surface area contributed by atoms with Crippen molar-refractivity contribution in [3.63, 3.8) is 0 Å². The van der Waals surface area contributed by atoms with Crippen LogP contribution in [0.3, 0.4) is 0 Å². The number of aromatic hydroxyl groups is 1. The summed E-state index contributed by atoms with van der Waals surface area (Å²) >= 11 is 1.53. The van der Waals surface area contributed by atoms with Gasteiger partial charge in [-0.1, -0.05) is 61.1 Å². The second kappa shape index (κ2) is 8.40. The van der Waals surface area contributed by atoms with E-state index in [0.717, 1.165) is 50.8 Å². The summed E-state index contributed by atoms with van der Waals surface area (Å²) in [5.74, 6) is 0.297. The number of hydrogen-bond donors (Lipinski definition) is 1. The van der Waals surface area contributed by atoms with Crippen LogP contribution in [0.5, 0.6) is 5.88 Å². The Kier molecular flexibility index (Phi) is 5.53. The van der Waals surface area contributed by atoms with Crippen molar-refractivity contribution in [3.8, 4) is 5.88 Å². The highest BCUT2D eigenvalue weighted by atomic mass is 32.1. The van der Waals surface area contributed by atoms with Crippen molar-refractivity contribution < 1.29 is 5.11 Å². The van der Waals surface area contributed by atoms with Gasteiger partial charge in [-0.05, 0) is 41.5 Å². The zero-order valence-electron chi connectivity index (χ0n) is 15.9. The van der Waals surface area contributed by atoms with Gasteiger partial charge in [0, 0.05) is 18.3 Å². The lowest BCUT2D eigenvalue weighted by atomic mass is 10.2. The van der Waals surface area contributed by atoms with Crippen LogP contribution in [-0.4, -0.2) is 9.67 Å². The van der Waals surface area contributed by atoms with E-state index in [9.17, 15) is 5.11 Å². The average Bonchev–Trinajstić information content (AvgIpc) is 3.30. The smallest absolute Gasteiger partial charge is 0.211 e. The van der Waals surface area contributed by atoms with E-state index < -0.39 is 0 Å². The predicted octanol–water partition coefficient (Wildman–Crippen LogP) is 3.59. The zero-order valence-corrected chi connectivity index (χ0v) is 16.7. The zero-order chi connectivity index (χ0) is 19.3. The molecule has 0 radical (unpaired) electrons. The monoisotopic (exact) mass is 389 g/mol. The summed E-state index contributed by atoms with van der Waals surface area (Å²) in [7, 11) is 0. The molecule has 2 aromatic carbocycles. The maximum absolute atomic E-state index is 10.8. The maximum atomic E-state index is 10.8. The molecule has 1 N–H and O–H groups in total. The molecular weight excluding hydrogens is 366 g/mol. The van der Waals surface area contributed by atoms with Gasteiger partial charge in [-0.2, -0.15) is 0 Å². The van der Waals surface area contributed by atoms with Gasteiger partial charge in [-0.15, -0.1) is 0 Å². The molecule has 4 nitrogen and oxygen atoms in total. The standard InChI is InChI=1S/C23H23N3OS/c1-2-3-13-26-22(27)21(15-18-9-10-20-19(14-18)11-12-24-20)28-23(26)25-16-17-7-5-4-6-8-17/h4-12,14-15,27H,2-3,13,16H2,1H3. The number of nitrogens with zero attached hydrogens (tertiary/aromatic N) is 3. The predicted molar refractivity (Wildman–Crippen MR) is 114 cm³/mol. The van der Waals surface area contributed by atoms with Gasteiger partial charge in [-0.25, -0.2) is 0 Å². The Balaban J connectivity index is 1.74. The molecule has 1 aromatic heterocycles. The summed E-state index contributed by atoms with van der Waals surface area (Å²) in [4.78, 5) is 10.8. The number of benzene rings is 2. The normalized spacial score (nSPS) is 13.8. The summed E-state index contributed by atoms with van der Waals surface area (Å²) < 4.78 is 1.94. The van der Waals surface area contributed by atoms with E-state index in [-0.39, 0.29) is 0 Å². The molecule has 3 aromatic rings. The third-order valence-corrected chi connectivity index (χ3v) is 5.75. The first-order valence-corrected chi connectivity index (χ1v) is 10.4. The van der Waals surface area contributed by atoms with E-state index in [4.69, 9.17) is 4.99 Å². The Morgan fingerprint density at radius 1 is 1.18 bits per heavy atom. The number of rotatable bonds is 6. The highest BCUT2D eigenvalue weighted by Gasteiger charge is 2.10. The Morgan fingerprint density at radius 3 is 2.86 bits per heavy atom. The van der Waals surface area contributed by atoms with Gasteiger partial charge < -0.3 is 5.11 Å². The van der Waals surface area contributed by atoms with E-state index in [1.165, 1.54) is 11.3 Å². The van der Waals surface area contributed by atoms with E-state index in [1.807, 2.05) is 53.3 Å². The topological polar surface area (TPSA) is 49.9 Å². The van der Waals surface area contributed by atoms with Gasteiger partial charge in [0.25, 0.3) is 0 Å². The molecule has 0 fully saturated rings. The largest absolute Gasteiger partial charge is 0.493 e. The highest BCUT2D eigenvalue weighted by Crippen LogP contribution is 2.21. The molecule has 0 aliphatic carbocycles. The lowest BCUT2D eigenvalue weighted by molar-refractivity contribution is 0.405. The van der Waals surface area contributed by atoms with Crippen LogP contribution in [-0.2, 0) is 13.1 Å². The SMILES string of the molecule is CCCCn1c(O)c(C=c2ccc3c(c2)C=CN=3)sc1=NCc1ccccc1. The molecule has 142 valence electrons. The molecule has 1 aliphatic heterocycles. The second-order valence-electron chi connectivity index (χ2n) is 6.79. The first-order chi connectivity index (χ1) is 13.7. The van der Waals surface area contributed by atoms with E-state index in [2.05, 4.69) is 30.1 Å². The van der Waals surface area contributed by atoms with E-state index in [0.29, 0.717) is 12.4 Å². The molecule has 28 heavy (non-hydrogen) atoms. The summed E-state index contributed by atoms with van der Waals surface area (Å²) in [5, 5.41) is 12.9. The quantitative estimate of drug-likeness (QED) is 0.688. The van der Waals surface area contributed by atoms with Gasteiger partial charge in [0.2, 0.25) is 5.88 Å². The van der Waals surface area contributed by atoms with Crippen molar-refractivity contribution in [3.05, 3.63) is 86.1 Å². The Labute approximate surface area is 168 Å². The van der Waals surface area contributed by atoms with Gasteiger partial charge in [-0.3, -0.25) is 14.6 Å². The molecular formula is C23H23N3OS. The molecule has 0 saturated heterocycles. The Bertz CT molecular complexity index is 1190. The van der Waals surface area contributed by atoms with Crippen LogP contribution in [0, 0.1) is 0 Å². The number of unbranched alkanes of at least 4 members (excludes halogenated alkanes) is 1. The lowest BCUT2D eigenvalue weighted by Gasteiger charge is -2.03. The van der Waals surface area contributed by atoms with Crippen molar-refractivity contribution in [1.82, 2.24) is 4.57 Å². The number of aromatic nitrogens is 1.